The second-order valence-corrected chi connectivity index (χ2v) is 7.76. The average molecular weight is 402 g/mol. The smallest absolute Gasteiger partial charge is 0.422 e. The molecule has 1 fully saturated rings. The van der Waals surface area contributed by atoms with Crippen LogP contribution in [0.2, 0.25) is 5.02 Å². The number of alkyl halides is 3. The van der Waals surface area contributed by atoms with Crippen molar-refractivity contribution >= 4 is 27.5 Å². The van der Waals surface area contributed by atoms with Gasteiger partial charge < -0.3 is 9.64 Å². The molecule has 0 radical (unpaired) electrons. The molecule has 7 nitrogen and oxygen atoms in total. The molecule has 0 spiro atoms. The Morgan fingerprint density at radius 2 is 1.92 bits per heavy atom. The van der Waals surface area contributed by atoms with E-state index in [-0.39, 0.29) is 36.8 Å². The zero-order valence-corrected chi connectivity index (χ0v) is 14.7. The lowest BCUT2D eigenvalue weighted by molar-refractivity contribution is -0.154. The number of nitrogens with zero attached hydrogens (tertiary/aromatic N) is 3. The fourth-order valence-electron chi connectivity index (χ4n) is 2.20. The summed E-state index contributed by atoms with van der Waals surface area (Å²) in [6.45, 7) is -0.830. The lowest BCUT2D eigenvalue weighted by Crippen LogP contribution is -2.50. The normalized spacial score (nSPS) is 16.8. The van der Waals surface area contributed by atoms with Crippen LogP contribution < -0.4 is 4.74 Å². The maximum absolute atomic E-state index is 12.4. The predicted molar refractivity (Wildman–Crippen MR) is 83.1 cm³/mol. The van der Waals surface area contributed by atoms with E-state index in [4.69, 9.17) is 11.6 Å². The van der Waals surface area contributed by atoms with E-state index in [1.54, 1.807) is 0 Å². The zero-order valence-electron chi connectivity index (χ0n) is 13.1. The Labute approximate surface area is 147 Å². The minimum atomic E-state index is -4.53. The van der Waals surface area contributed by atoms with Crippen molar-refractivity contribution in [3.05, 3.63) is 22.8 Å². The number of halogens is 4. The van der Waals surface area contributed by atoms with E-state index in [1.165, 1.54) is 15.3 Å². The third-order valence-corrected chi connectivity index (χ3v) is 5.00. The molecular weight excluding hydrogens is 387 g/mol. The van der Waals surface area contributed by atoms with Crippen molar-refractivity contribution in [3.8, 4) is 5.88 Å². The number of ether oxygens (including phenoxy) is 1. The highest BCUT2D eigenvalue weighted by molar-refractivity contribution is 7.88. The molecule has 0 saturated carbocycles. The van der Waals surface area contributed by atoms with E-state index in [0.29, 0.717) is 0 Å². The van der Waals surface area contributed by atoms with E-state index in [0.717, 1.165) is 12.5 Å². The number of hydrogen-bond acceptors (Lipinski definition) is 5. The fourth-order valence-corrected chi connectivity index (χ4v) is 3.25. The molecule has 12 heteroatoms. The molecule has 0 unspecified atom stereocenters. The highest BCUT2D eigenvalue weighted by atomic mass is 35.5. The summed E-state index contributed by atoms with van der Waals surface area (Å²) in [6, 6.07) is 1.17. The molecule has 0 atom stereocenters. The van der Waals surface area contributed by atoms with Gasteiger partial charge >= 0.3 is 6.18 Å². The molecule has 2 heterocycles. The van der Waals surface area contributed by atoms with Crippen LogP contribution in [0.1, 0.15) is 10.4 Å². The van der Waals surface area contributed by atoms with E-state index < -0.39 is 34.6 Å². The predicted octanol–water partition coefficient (Wildman–Crippen LogP) is 1.39. The Morgan fingerprint density at radius 3 is 2.40 bits per heavy atom. The maximum atomic E-state index is 12.4. The number of piperazine rings is 1. The van der Waals surface area contributed by atoms with Gasteiger partial charge in [-0.1, -0.05) is 11.6 Å². The third-order valence-electron chi connectivity index (χ3n) is 3.42. The second-order valence-electron chi connectivity index (χ2n) is 5.37. The van der Waals surface area contributed by atoms with Crippen LogP contribution in [0, 0.1) is 0 Å². The highest BCUT2D eigenvalue weighted by Gasteiger charge is 2.30. The molecule has 1 aromatic rings. The Hall–Kier alpha value is -1.59. The molecule has 1 amide bonds. The minimum absolute atomic E-state index is 0.0807. The van der Waals surface area contributed by atoms with Crippen molar-refractivity contribution < 1.29 is 31.1 Å². The summed E-state index contributed by atoms with van der Waals surface area (Å²) in [5.74, 6) is -0.859. The maximum Gasteiger partial charge on any atom is 0.422 e. The number of rotatable bonds is 4. The minimum Gasteiger partial charge on any atom is -0.467 e. The number of carbonyl (C=O) groups is 1. The Balaban J connectivity index is 2.02. The number of hydrogen-bond donors (Lipinski definition) is 0. The number of aromatic nitrogens is 1. The molecule has 1 aliphatic heterocycles. The van der Waals surface area contributed by atoms with Crippen LogP contribution in [0.3, 0.4) is 0 Å². The topological polar surface area (TPSA) is 79.8 Å². The first-order valence-electron chi connectivity index (χ1n) is 7.07. The second kappa shape index (κ2) is 7.34. The number of sulfonamides is 1. The molecular formula is C13H15ClF3N3O4S. The van der Waals surface area contributed by atoms with Gasteiger partial charge in [0.05, 0.1) is 11.8 Å². The molecule has 0 N–H and O–H groups in total. The van der Waals surface area contributed by atoms with Gasteiger partial charge in [-0.05, 0) is 6.07 Å². The molecule has 0 aromatic carbocycles. The first-order chi connectivity index (χ1) is 11.5. The van der Waals surface area contributed by atoms with Gasteiger partial charge in [0.1, 0.15) is 5.02 Å². The standard InChI is InChI=1S/C13H15ClF3N3O4S/c1-25(22,23)20-4-2-19(3-5-20)12(21)9-6-10(14)11(18-7-9)24-8-13(15,16)17/h6-7H,2-5,8H2,1H3. The first kappa shape index (κ1) is 19.7. The largest absolute Gasteiger partial charge is 0.467 e. The van der Waals surface area contributed by atoms with E-state index in [1.807, 2.05) is 0 Å². The van der Waals surface area contributed by atoms with Crippen molar-refractivity contribution in [1.29, 1.82) is 0 Å². The van der Waals surface area contributed by atoms with Crippen LogP contribution in [0.5, 0.6) is 5.88 Å². The molecule has 2 rings (SSSR count). The van der Waals surface area contributed by atoms with Gasteiger partial charge in [0.2, 0.25) is 15.9 Å². The van der Waals surface area contributed by atoms with Crippen molar-refractivity contribution in [2.24, 2.45) is 0 Å². The van der Waals surface area contributed by atoms with Crippen LogP contribution in [0.4, 0.5) is 13.2 Å². The Kier molecular flexibility index (Phi) is 5.79. The van der Waals surface area contributed by atoms with Gasteiger partial charge in [0.15, 0.2) is 6.61 Å². The molecule has 1 aromatic heterocycles. The third kappa shape index (κ3) is 5.44. The van der Waals surface area contributed by atoms with Crippen molar-refractivity contribution in [2.75, 3.05) is 39.0 Å². The lowest BCUT2D eigenvalue weighted by Gasteiger charge is -2.33. The summed E-state index contributed by atoms with van der Waals surface area (Å²) < 4.78 is 65.0. The molecule has 1 saturated heterocycles. The van der Waals surface area contributed by atoms with Gasteiger partial charge in [-0.15, -0.1) is 0 Å². The van der Waals surface area contributed by atoms with Gasteiger partial charge in [0, 0.05) is 32.4 Å². The Morgan fingerprint density at radius 1 is 1.32 bits per heavy atom. The van der Waals surface area contributed by atoms with E-state index in [9.17, 15) is 26.4 Å². The van der Waals surface area contributed by atoms with Crippen LogP contribution in [0.15, 0.2) is 12.3 Å². The summed E-state index contributed by atoms with van der Waals surface area (Å²) in [7, 11) is -3.32. The lowest BCUT2D eigenvalue weighted by atomic mass is 10.2. The number of pyridine rings is 1. The highest BCUT2D eigenvalue weighted by Crippen LogP contribution is 2.25. The van der Waals surface area contributed by atoms with E-state index in [2.05, 4.69) is 9.72 Å². The molecule has 1 aliphatic rings. The molecule has 0 bridgehead atoms. The first-order valence-corrected chi connectivity index (χ1v) is 9.29. The van der Waals surface area contributed by atoms with Gasteiger partial charge in [-0.3, -0.25) is 4.79 Å². The van der Waals surface area contributed by atoms with Gasteiger partial charge in [-0.25, -0.2) is 13.4 Å². The molecule has 0 aliphatic carbocycles. The van der Waals surface area contributed by atoms with Gasteiger partial charge in [-0.2, -0.15) is 17.5 Å². The monoisotopic (exact) mass is 401 g/mol. The van der Waals surface area contributed by atoms with Crippen molar-refractivity contribution in [3.63, 3.8) is 0 Å². The molecule has 140 valence electrons. The summed E-state index contributed by atoms with van der Waals surface area (Å²) in [6.07, 6.45) is -2.37. The van der Waals surface area contributed by atoms with Gasteiger partial charge in [0.25, 0.3) is 5.91 Å². The zero-order chi connectivity index (χ0) is 18.8. The average Bonchev–Trinajstić information content (AvgIpc) is 2.51. The van der Waals surface area contributed by atoms with Crippen molar-refractivity contribution in [1.82, 2.24) is 14.2 Å². The van der Waals surface area contributed by atoms with Crippen LogP contribution in [-0.4, -0.2) is 73.7 Å². The number of carbonyl (C=O) groups excluding carboxylic acids is 1. The summed E-state index contributed by atoms with van der Waals surface area (Å²) in [5.41, 5.74) is 0.0807. The van der Waals surface area contributed by atoms with E-state index >= 15 is 0 Å². The fraction of sp³-hybridized carbons (Fsp3) is 0.538. The SMILES string of the molecule is CS(=O)(=O)N1CCN(C(=O)c2cnc(OCC(F)(F)F)c(Cl)c2)CC1. The van der Waals surface area contributed by atoms with Crippen LogP contribution in [0.25, 0.3) is 0 Å². The Bertz CT molecular complexity index is 749. The quantitative estimate of drug-likeness (QED) is 0.761. The van der Waals surface area contributed by atoms with Crippen LogP contribution >= 0.6 is 11.6 Å². The summed E-state index contributed by atoms with van der Waals surface area (Å²) in [4.78, 5) is 17.4. The summed E-state index contributed by atoms with van der Waals surface area (Å²) in [5, 5.41) is -0.218. The van der Waals surface area contributed by atoms with Crippen LogP contribution in [-0.2, 0) is 10.0 Å². The van der Waals surface area contributed by atoms with Crippen molar-refractivity contribution in [2.45, 2.75) is 6.18 Å². The summed E-state index contributed by atoms with van der Waals surface area (Å²) >= 11 is 5.81. The molecule has 25 heavy (non-hydrogen) atoms. The number of amides is 1.